The standard InChI is InChI=1S/C2H6ClO2P/c1-2-6(3,4)5/h2H2,1H3,(H,4,5). The smallest absolute Gasteiger partial charge is 0.287 e. The van der Waals surface area contributed by atoms with Gasteiger partial charge in [-0.25, -0.2) is 0 Å². The van der Waals surface area contributed by atoms with E-state index in [1.165, 1.54) is 0 Å². The Hall–Kier alpha value is 0.480. The van der Waals surface area contributed by atoms with Crippen molar-refractivity contribution in [2.45, 2.75) is 6.92 Å². The Morgan fingerprint density at radius 1 is 2.00 bits per heavy atom. The minimum absolute atomic E-state index is 0.147. The molecule has 0 heterocycles. The van der Waals surface area contributed by atoms with E-state index < -0.39 is 6.72 Å². The molecule has 0 saturated carbocycles. The van der Waals surface area contributed by atoms with Gasteiger partial charge in [0, 0.05) is 6.16 Å². The van der Waals surface area contributed by atoms with E-state index >= 15 is 0 Å². The van der Waals surface area contributed by atoms with Gasteiger partial charge in [-0.3, -0.25) is 4.57 Å². The van der Waals surface area contributed by atoms with Crippen LogP contribution < -0.4 is 0 Å². The number of hydrogen-bond donors (Lipinski definition) is 1. The minimum atomic E-state index is -3.17. The molecule has 0 aliphatic rings. The average molecular weight is 128 g/mol. The molecule has 38 valence electrons. The Balaban J connectivity index is 3.48. The molecule has 0 aromatic rings. The van der Waals surface area contributed by atoms with Crippen LogP contribution in [0.15, 0.2) is 0 Å². The normalized spacial score (nSPS) is 19.8. The molecule has 1 N–H and O–H groups in total. The number of halogens is 1. The molecule has 0 amide bonds. The summed E-state index contributed by atoms with van der Waals surface area (Å²) in [6, 6.07) is 0. The van der Waals surface area contributed by atoms with Crippen LogP contribution in [0.3, 0.4) is 0 Å². The summed E-state index contributed by atoms with van der Waals surface area (Å²) in [5.74, 6) is 0. The fraction of sp³-hybridized carbons (Fsp3) is 1.00. The maximum absolute atomic E-state index is 9.90. The Bertz CT molecular complexity index is 75.6. The third-order valence-electron chi connectivity index (χ3n) is 0.390. The number of hydrogen-bond acceptors (Lipinski definition) is 1. The molecule has 1 atom stereocenters. The zero-order valence-electron chi connectivity index (χ0n) is 3.39. The van der Waals surface area contributed by atoms with Crippen molar-refractivity contribution in [3.05, 3.63) is 0 Å². The summed E-state index contributed by atoms with van der Waals surface area (Å²) < 4.78 is 9.90. The van der Waals surface area contributed by atoms with Gasteiger partial charge in [-0.1, -0.05) is 6.92 Å². The second kappa shape index (κ2) is 1.97. The molecule has 4 heteroatoms. The molecular formula is C2H6ClO2P. The van der Waals surface area contributed by atoms with E-state index in [9.17, 15) is 4.57 Å². The van der Waals surface area contributed by atoms with Gasteiger partial charge in [0.25, 0.3) is 6.72 Å². The van der Waals surface area contributed by atoms with Gasteiger partial charge in [0.1, 0.15) is 0 Å². The van der Waals surface area contributed by atoms with Gasteiger partial charge in [0.05, 0.1) is 0 Å². The minimum Gasteiger partial charge on any atom is -0.333 e. The molecule has 0 bridgehead atoms. The Labute approximate surface area is 41.4 Å². The van der Waals surface area contributed by atoms with Gasteiger partial charge >= 0.3 is 0 Å². The molecule has 0 aliphatic carbocycles. The van der Waals surface area contributed by atoms with E-state index in [-0.39, 0.29) is 6.16 Å². The predicted octanol–water partition coefficient (Wildman–Crippen LogP) is 1.43. The van der Waals surface area contributed by atoms with Gasteiger partial charge in [-0.15, -0.1) is 0 Å². The van der Waals surface area contributed by atoms with Crippen molar-refractivity contribution in [2.24, 2.45) is 0 Å². The molecule has 2 nitrogen and oxygen atoms in total. The van der Waals surface area contributed by atoms with Crippen molar-refractivity contribution in [3.8, 4) is 0 Å². The third-order valence-corrected chi connectivity index (χ3v) is 1.89. The Kier molecular flexibility index (Phi) is 2.12. The first kappa shape index (κ1) is 6.48. The summed E-state index contributed by atoms with van der Waals surface area (Å²) >= 11 is 4.83. The molecule has 0 rings (SSSR count). The molecule has 0 saturated heterocycles. The maximum Gasteiger partial charge on any atom is 0.287 e. The molecule has 0 aromatic heterocycles. The molecule has 0 spiro atoms. The van der Waals surface area contributed by atoms with Crippen LogP contribution in [-0.2, 0) is 4.57 Å². The zero-order valence-corrected chi connectivity index (χ0v) is 5.04. The van der Waals surface area contributed by atoms with E-state index in [2.05, 4.69) is 0 Å². The first-order valence-electron chi connectivity index (χ1n) is 1.57. The lowest BCUT2D eigenvalue weighted by molar-refractivity contribution is 0.497. The quantitative estimate of drug-likeness (QED) is 0.543. The zero-order chi connectivity index (χ0) is 5.21. The molecule has 0 aromatic carbocycles. The SMILES string of the molecule is CCP(=O)(O)Cl. The second-order valence-corrected chi connectivity index (χ2v) is 4.38. The summed E-state index contributed by atoms with van der Waals surface area (Å²) in [6.07, 6.45) is 0.147. The fourth-order valence-electron chi connectivity index (χ4n) is 0. The highest BCUT2D eigenvalue weighted by molar-refractivity contribution is 7.84. The van der Waals surface area contributed by atoms with Crippen LogP contribution in [0.25, 0.3) is 0 Å². The van der Waals surface area contributed by atoms with Crippen LogP contribution in [-0.4, -0.2) is 11.1 Å². The Morgan fingerprint density at radius 2 is 2.17 bits per heavy atom. The van der Waals surface area contributed by atoms with Crippen LogP contribution in [0.5, 0.6) is 0 Å². The molecule has 0 radical (unpaired) electrons. The summed E-state index contributed by atoms with van der Waals surface area (Å²) in [4.78, 5) is 8.15. The highest BCUT2D eigenvalue weighted by Crippen LogP contribution is 2.45. The lowest BCUT2D eigenvalue weighted by Gasteiger charge is -1.90. The van der Waals surface area contributed by atoms with E-state index in [0.29, 0.717) is 0 Å². The summed E-state index contributed by atoms with van der Waals surface area (Å²) in [5, 5.41) is 0. The lowest BCUT2D eigenvalue weighted by Crippen LogP contribution is -1.68. The van der Waals surface area contributed by atoms with Gasteiger partial charge in [0.15, 0.2) is 0 Å². The second-order valence-electron chi connectivity index (χ2n) is 0.933. The average Bonchev–Trinajstić information content (AvgIpc) is 1.35. The monoisotopic (exact) mass is 128 g/mol. The van der Waals surface area contributed by atoms with Crippen LogP contribution >= 0.6 is 18.0 Å². The summed E-state index contributed by atoms with van der Waals surface area (Å²) in [7, 11) is 0. The fourth-order valence-corrected chi connectivity index (χ4v) is 0. The molecule has 1 unspecified atom stereocenters. The first-order valence-corrected chi connectivity index (χ1v) is 4.32. The van der Waals surface area contributed by atoms with Crippen molar-refractivity contribution in [1.82, 2.24) is 0 Å². The lowest BCUT2D eigenvalue weighted by atomic mass is 11.0. The molecule has 6 heavy (non-hydrogen) atoms. The van der Waals surface area contributed by atoms with Crippen molar-refractivity contribution >= 4 is 18.0 Å². The van der Waals surface area contributed by atoms with Crippen LogP contribution in [0.2, 0.25) is 0 Å². The van der Waals surface area contributed by atoms with Crippen LogP contribution in [0, 0.1) is 0 Å². The van der Waals surface area contributed by atoms with Crippen LogP contribution in [0.4, 0.5) is 0 Å². The topological polar surface area (TPSA) is 37.3 Å². The van der Waals surface area contributed by atoms with Crippen molar-refractivity contribution < 1.29 is 9.46 Å². The summed E-state index contributed by atoms with van der Waals surface area (Å²) in [5.41, 5.74) is 0. The summed E-state index contributed by atoms with van der Waals surface area (Å²) in [6.45, 7) is -1.61. The van der Waals surface area contributed by atoms with Gasteiger partial charge < -0.3 is 4.89 Å². The van der Waals surface area contributed by atoms with Crippen molar-refractivity contribution in [3.63, 3.8) is 0 Å². The molecular weight excluding hydrogens is 122 g/mol. The Morgan fingerprint density at radius 3 is 2.17 bits per heavy atom. The van der Waals surface area contributed by atoms with E-state index in [1.54, 1.807) is 6.92 Å². The van der Waals surface area contributed by atoms with Crippen molar-refractivity contribution in [1.29, 1.82) is 0 Å². The van der Waals surface area contributed by atoms with Crippen LogP contribution in [0.1, 0.15) is 6.92 Å². The highest BCUT2D eigenvalue weighted by Gasteiger charge is 2.05. The van der Waals surface area contributed by atoms with Gasteiger partial charge in [-0.05, 0) is 11.2 Å². The largest absolute Gasteiger partial charge is 0.333 e. The van der Waals surface area contributed by atoms with Gasteiger partial charge in [0.2, 0.25) is 0 Å². The van der Waals surface area contributed by atoms with E-state index in [1.807, 2.05) is 0 Å². The predicted molar refractivity (Wildman–Crippen MR) is 26.2 cm³/mol. The van der Waals surface area contributed by atoms with Crippen molar-refractivity contribution in [2.75, 3.05) is 6.16 Å². The number of rotatable bonds is 1. The van der Waals surface area contributed by atoms with Gasteiger partial charge in [-0.2, -0.15) is 0 Å². The third kappa shape index (κ3) is 4.48. The molecule has 0 aliphatic heterocycles. The first-order chi connectivity index (χ1) is 2.56. The maximum atomic E-state index is 9.90. The highest BCUT2D eigenvalue weighted by atomic mass is 35.7. The molecule has 0 fully saturated rings. The van der Waals surface area contributed by atoms with E-state index in [4.69, 9.17) is 16.1 Å². The van der Waals surface area contributed by atoms with E-state index in [0.717, 1.165) is 0 Å².